The van der Waals surface area contributed by atoms with E-state index in [1.807, 2.05) is 42.8 Å². The standard InChI is InChI=1S/C20H24N4OS/c1-3-13-24-14-15(18-5-4-11-21-19(18)24)10-12-22-20(25)23-16-6-8-17(26-2)9-7-16/h4-9,11,14H,3,10,12-13H2,1-2H3,(H2,22,23,25). The molecule has 0 bridgehead atoms. The van der Waals surface area contributed by atoms with Gasteiger partial charge in [-0.25, -0.2) is 9.78 Å². The van der Waals surface area contributed by atoms with Crippen LogP contribution in [-0.2, 0) is 13.0 Å². The number of urea groups is 1. The molecule has 3 aromatic rings. The Morgan fingerprint density at radius 1 is 1.23 bits per heavy atom. The summed E-state index contributed by atoms with van der Waals surface area (Å²) in [5.41, 5.74) is 3.03. The fraction of sp³-hybridized carbons (Fsp3) is 0.300. The van der Waals surface area contributed by atoms with Crippen LogP contribution in [0.5, 0.6) is 0 Å². The van der Waals surface area contributed by atoms with E-state index in [4.69, 9.17) is 0 Å². The van der Waals surface area contributed by atoms with Crippen LogP contribution < -0.4 is 10.6 Å². The van der Waals surface area contributed by atoms with Gasteiger partial charge in [-0.1, -0.05) is 6.92 Å². The maximum Gasteiger partial charge on any atom is 0.319 e. The van der Waals surface area contributed by atoms with Crippen LogP contribution in [0.4, 0.5) is 10.5 Å². The number of carbonyl (C=O) groups excluding carboxylic acids is 1. The van der Waals surface area contributed by atoms with E-state index in [-0.39, 0.29) is 6.03 Å². The highest BCUT2D eigenvalue weighted by Gasteiger charge is 2.09. The molecule has 5 nitrogen and oxygen atoms in total. The van der Waals surface area contributed by atoms with Crippen LogP contribution in [0.15, 0.2) is 53.7 Å². The number of aryl methyl sites for hydroxylation is 1. The van der Waals surface area contributed by atoms with Gasteiger partial charge in [-0.2, -0.15) is 0 Å². The Balaban J connectivity index is 1.57. The van der Waals surface area contributed by atoms with Gasteiger partial charge in [0.2, 0.25) is 0 Å². The lowest BCUT2D eigenvalue weighted by molar-refractivity contribution is 0.252. The number of hydrogen-bond donors (Lipinski definition) is 2. The minimum atomic E-state index is -0.183. The van der Waals surface area contributed by atoms with Crippen molar-refractivity contribution >= 4 is 34.5 Å². The molecule has 0 aliphatic rings. The fourth-order valence-electron chi connectivity index (χ4n) is 2.97. The van der Waals surface area contributed by atoms with Crippen LogP contribution in [0, 0.1) is 0 Å². The lowest BCUT2D eigenvalue weighted by Gasteiger charge is -2.08. The Hall–Kier alpha value is -2.47. The van der Waals surface area contributed by atoms with E-state index < -0.39 is 0 Å². The molecule has 1 aromatic carbocycles. The van der Waals surface area contributed by atoms with E-state index in [1.165, 1.54) is 10.5 Å². The number of amides is 2. The lowest BCUT2D eigenvalue weighted by atomic mass is 10.1. The van der Waals surface area contributed by atoms with Gasteiger partial charge in [0.25, 0.3) is 0 Å². The van der Waals surface area contributed by atoms with Gasteiger partial charge in [-0.15, -0.1) is 11.8 Å². The first-order valence-corrected chi connectivity index (χ1v) is 10.1. The summed E-state index contributed by atoms with van der Waals surface area (Å²) in [5, 5.41) is 6.96. The summed E-state index contributed by atoms with van der Waals surface area (Å²) in [7, 11) is 0. The van der Waals surface area contributed by atoms with Gasteiger partial charge >= 0.3 is 6.03 Å². The van der Waals surface area contributed by atoms with E-state index in [1.54, 1.807) is 11.8 Å². The summed E-state index contributed by atoms with van der Waals surface area (Å²) < 4.78 is 2.19. The Morgan fingerprint density at radius 2 is 2.04 bits per heavy atom. The van der Waals surface area contributed by atoms with Crippen molar-refractivity contribution in [3.8, 4) is 0 Å². The number of pyridine rings is 1. The highest BCUT2D eigenvalue weighted by atomic mass is 32.2. The zero-order chi connectivity index (χ0) is 18.4. The van der Waals surface area contributed by atoms with E-state index in [0.29, 0.717) is 6.54 Å². The number of hydrogen-bond acceptors (Lipinski definition) is 3. The summed E-state index contributed by atoms with van der Waals surface area (Å²) in [4.78, 5) is 17.8. The van der Waals surface area contributed by atoms with Gasteiger partial charge in [0.1, 0.15) is 5.65 Å². The molecule has 0 radical (unpaired) electrons. The predicted octanol–water partition coefficient (Wildman–Crippen LogP) is 4.53. The van der Waals surface area contributed by atoms with E-state index in [0.717, 1.165) is 36.1 Å². The SMILES string of the molecule is CCCn1cc(CCNC(=O)Nc2ccc(SC)cc2)c2cccnc21. The van der Waals surface area contributed by atoms with Crippen molar-refractivity contribution in [2.75, 3.05) is 18.1 Å². The number of nitrogens with one attached hydrogen (secondary N) is 2. The van der Waals surface area contributed by atoms with Gasteiger partial charge in [-0.3, -0.25) is 0 Å². The zero-order valence-corrected chi connectivity index (χ0v) is 16.0. The number of rotatable bonds is 7. The van der Waals surface area contributed by atoms with Crippen LogP contribution >= 0.6 is 11.8 Å². The number of carbonyl (C=O) groups is 1. The maximum absolute atomic E-state index is 12.1. The third-order valence-corrected chi connectivity index (χ3v) is 4.95. The first-order chi connectivity index (χ1) is 12.7. The molecule has 0 spiro atoms. The van der Waals surface area contributed by atoms with Crippen molar-refractivity contribution in [1.82, 2.24) is 14.9 Å². The van der Waals surface area contributed by atoms with E-state index >= 15 is 0 Å². The van der Waals surface area contributed by atoms with Crippen LogP contribution in [0.1, 0.15) is 18.9 Å². The number of anilines is 1. The molecule has 0 saturated carbocycles. The van der Waals surface area contributed by atoms with Crippen molar-refractivity contribution < 1.29 is 4.79 Å². The summed E-state index contributed by atoms with van der Waals surface area (Å²) in [6.07, 6.45) is 7.85. The zero-order valence-electron chi connectivity index (χ0n) is 15.2. The van der Waals surface area contributed by atoms with Gasteiger partial charge < -0.3 is 15.2 Å². The second-order valence-electron chi connectivity index (χ2n) is 6.08. The smallest absolute Gasteiger partial charge is 0.319 e. The molecule has 3 rings (SSSR count). The minimum absolute atomic E-state index is 0.183. The Labute approximate surface area is 158 Å². The predicted molar refractivity (Wildman–Crippen MR) is 109 cm³/mol. The van der Waals surface area contributed by atoms with Gasteiger partial charge in [0, 0.05) is 41.5 Å². The van der Waals surface area contributed by atoms with Crippen LogP contribution in [0.25, 0.3) is 11.0 Å². The molecule has 0 aliphatic carbocycles. The monoisotopic (exact) mass is 368 g/mol. The van der Waals surface area contributed by atoms with Crippen molar-refractivity contribution in [1.29, 1.82) is 0 Å². The third kappa shape index (κ3) is 4.38. The van der Waals surface area contributed by atoms with Gasteiger partial charge in [-0.05, 0) is 61.1 Å². The third-order valence-electron chi connectivity index (χ3n) is 4.21. The number of nitrogens with zero attached hydrogens (tertiary/aromatic N) is 2. The summed E-state index contributed by atoms with van der Waals surface area (Å²) in [6, 6.07) is 11.7. The van der Waals surface area contributed by atoms with Crippen LogP contribution in [0.3, 0.4) is 0 Å². The highest BCUT2D eigenvalue weighted by molar-refractivity contribution is 7.98. The van der Waals surface area contributed by atoms with Crippen molar-refractivity contribution in [3.05, 3.63) is 54.4 Å². The first kappa shape index (κ1) is 18.3. The molecule has 0 saturated heterocycles. The highest BCUT2D eigenvalue weighted by Crippen LogP contribution is 2.20. The van der Waals surface area contributed by atoms with Gasteiger partial charge in [0.05, 0.1) is 0 Å². The van der Waals surface area contributed by atoms with Crippen LogP contribution in [-0.4, -0.2) is 28.4 Å². The molecule has 2 amide bonds. The van der Waals surface area contributed by atoms with E-state index in [2.05, 4.69) is 39.4 Å². The quantitative estimate of drug-likeness (QED) is 0.602. The maximum atomic E-state index is 12.1. The fourth-order valence-corrected chi connectivity index (χ4v) is 3.37. The molecule has 26 heavy (non-hydrogen) atoms. The van der Waals surface area contributed by atoms with Crippen molar-refractivity contribution in [2.24, 2.45) is 0 Å². The number of aromatic nitrogens is 2. The molecule has 136 valence electrons. The molecule has 0 aliphatic heterocycles. The average molecular weight is 369 g/mol. The largest absolute Gasteiger partial charge is 0.338 e. The Bertz CT molecular complexity index is 873. The molecule has 2 heterocycles. The minimum Gasteiger partial charge on any atom is -0.338 e. The first-order valence-electron chi connectivity index (χ1n) is 8.83. The van der Waals surface area contributed by atoms with Crippen molar-refractivity contribution in [3.63, 3.8) is 0 Å². The molecule has 2 N–H and O–H groups in total. The molecule has 6 heteroatoms. The normalized spacial score (nSPS) is 10.8. The molecule has 2 aromatic heterocycles. The molecule has 0 fully saturated rings. The second kappa shape index (κ2) is 8.76. The second-order valence-corrected chi connectivity index (χ2v) is 6.96. The Kier molecular flexibility index (Phi) is 6.17. The molecular formula is C20H24N4OS. The summed E-state index contributed by atoms with van der Waals surface area (Å²) in [6.45, 7) is 3.69. The summed E-state index contributed by atoms with van der Waals surface area (Å²) >= 11 is 1.68. The van der Waals surface area contributed by atoms with E-state index in [9.17, 15) is 4.79 Å². The summed E-state index contributed by atoms with van der Waals surface area (Å²) in [5.74, 6) is 0. The van der Waals surface area contributed by atoms with Crippen molar-refractivity contribution in [2.45, 2.75) is 31.2 Å². The number of thioether (sulfide) groups is 1. The molecule has 0 atom stereocenters. The van der Waals surface area contributed by atoms with Gasteiger partial charge in [0.15, 0.2) is 0 Å². The molecule has 0 unspecified atom stereocenters. The topological polar surface area (TPSA) is 59.0 Å². The average Bonchev–Trinajstić information content (AvgIpc) is 3.01. The number of benzene rings is 1. The Morgan fingerprint density at radius 3 is 2.77 bits per heavy atom. The van der Waals surface area contributed by atoms with Crippen LogP contribution in [0.2, 0.25) is 0 Å². The molecular weight excluding hydrogens is 344 g/mol. The number of fused-ring (bicyclic) bond motifs is 1. The lowest BCUT2D eigenvalue weighted by Crippen LogP contribution is -2.30.